The van der Waals surface area contributed by atoms with E-state index in [0.717, 1.165) is 16.7 Å². The number of hydrogen-bond acceptors (Lipinski definition) is 7. The molecule has 3 aromatic heterocycles. The lowest BCUT2D eigenvalue weighted by Gasteiger charge is -2.21. The Balaban J connectivity index is 1.59. The number of fused-ring (bicyclic) bond motifs is 2. The van der Waals surface area contributed by atoms with Crippen LogP contribution in [0.4, 0.5) is 19.0 Å². The summed E-state index contributed by atoms with van der Waals surface area (Å²) in [5.74, 6) is -1.17. The molecule has 1 unspecified atom stereocenters. The molecule has 0 saturated heterocycles. The highest BCUT2D eigenvalue weighted by molar-refractivity contribution is 6.33. The fourth-order valence-electron chi connectivity index (χ4n) is 5.12. The molecular weight excluding hydrogens is 583 g/mol. The summed E-state index contributed by atoms with van der Waals surface area (Å²) in [6.07, 6.45) is 0.748. The molecule has 43 heavy (non-hydrogen) atoms. The van der Waals surface area contributed by atoms with Crippen LogP contribution in [0.1, 0.15) is 38.1 Å². The molecule has 0 fully saturated rings. The van der Waals surface area contributed by atoms with Gasteiger partial charge in [0.15, 0.2) is 17.2 Å². The number of anilines is 1. The van der Waals surface area contributed by atoms with Gasteiger partial charge in [-0.3, -0.25) is 9.20 Å². The Labute approximate surface area is 248 Å². The SMILES string of the molecule is CC(C)Oc1ccc(-c2nn(C(C)c3nc4c(Cl)cc(F)cn4c(=O)c3-c3cccc(F)c3)c3c2C(N)=NCN3)cc1F. The molecule has 4 heterocycles. The van der Waals surface area contributed by atoms with Gasteiger partial charge in [0.2, 0.25) is 0 Å². The number of nitrogens with zero attached hydrogens (tertiary/aromatic N) is 5. The normalized spacial score (nSPS) is 13.5. The monoisotopic (exact) mass is 607 g/mol. The largest absolute Gasteiger partial charge is 0.488 e. The molecule has 220 valence electrons. The third-order valence-electron chi connectivity index (χ3n) is 6.98. The second kappa shape index (κ2) is 10.8. The highest BCUT2D eigenvalue weighted by Gasteiger charge is 2.30. The number of hydrogen-bond donors (Lipinski definition) is 2. The Hall–Kier alpha value is -4.84. The molecule has 1 aliphatic rings. The molecule has 0 aliphatic carbocycles. The first-order valence-electron chi connectivity index (χ1n) is 13.3. The van der Waals surface area contributed by atoms with E-state index in [9.17, 15) is 13.6 Å². The van der Waals surface area contributed by atoms with Gasteiger partial charge in [0.05, 0.1) is 34.0 Å². The number of benzene rings is 2. The Morgan fingerprint density at radius 2 is 1.81 bits per heavy atom. The molecular formula is C30H25ClF3N7O2. The van der Waals surface area contributed by atoms with Crippen LogP contribution in [0.25, 0.3) is 28.0 Å². The van der Waals surface area contributed by atoms with Crippen LogP contribution < -0.4 is 21.3 Å². The molecule has 0 spiro atoms. The van der Waals surface area contributed by atoms with Crippen molar-refractivity contribution in [3.8, 4) is 28.1 Å². The van der Waals surface area contributed by atoms with Gasteiger partial charge in [-0.1, -0.05) is 23.7 Å². The van der Waals surface area contributed by atoms with Gasteiger partial charge < -0.3 is 15.8 Å². The van der Waals surface area contributed by atoms with Crippen molar-refractivity contribution in [1.29, 1.82) is 0 Å². The molecule has 0 radical (unpaired) electrons. The Kier molecular flexibility index (Phi) is 7.09. The van der Waals surface area contributed by atoms with Crippen molar-refractivity contribution in [1.82, 2.24) is 19.2 Å². The lowest BCUT2D eigenvalue weighted by atomic mass is 10.0. The first-order valence-corrected chi connectivity index (χ1v) is 13.7. The Bertz CT molecular complexity index is 2000. The van der Waals surface area contributed by atoms with Crippen LogP contribution in [0, 0.1) is 17.5 Å². The second-order valence-corrected chi connectivity index (χ2v) is 10.7. The number of aliphatic imine (C=N–C) groups is 1. The average Bonchev–Trinajstić information content (AvgIpc) is 3.35. The van der Waals surface area contributed by atoms with Crippen LogP contribution in [0.2, 0.25) is 5.02 Å². The molecule has 1 aliphatic heterocycles. The summed E-state index contributed by atoms with van der Waals surface area (Å²) >= 11 is 6.32. The fraction of sp³-hybridized carbons (Fsp3) is 0.200. The minimum Gasteiger partial charge on any atom is -0.488 e. The quantitative estimate of drug-likeness (QED) is 0.253. The number of nitrogens with one attached hydrogen (secondary N) is 1. The molecule has 2 aromatic carbocycles. The van der Waals surface area contributed by atoms with Gasteiger partial charge in [0.25, 0.3) is 5.56 Å². The molecule has 3 N–H and O–H groups in total. The maximum absolute atomic E-state index is 15.0. The van der Waals surface area contributed by atoms with Gasteiger partial charge in [0.1, 0.15) is 35.7 Å². The Morgan fingerprint density at radius 1 is 1.02 bits per heavy atom. The smallest absolute Gasteiger partial charge is 0.266 e. The summed E-state index contributed by atoms with van der Waals surface area (Å²) in [6.45, 7) is 5.47. The topological polar surface area (TPSA) is 112 Å². The third-order valence-corrected chi connectivity index (χ3v) is 7.26. The van der Waals surface area contributed by atoms with E-state index in [0.29, 0.717) is 22.6 Å². The van der Waals surface area contributed by atoms with Crippen molar-refractivity contribution in [3.05, 3.63) is 98.8 Å². The zero-order chi connectivity index (χ0) is 30.6. The molecule has 1 atom stereocenters. The molecule has 0 saturated carbocycles. The van der Waals surface area contributed by atoms with Gasteiger partial charge in [-0.2, -0.15) is 5.10 Å². The Morgan fingerprint density at radius 3 is 2.53 bits per heavy atom. The van der Waals surface area contributed by atoms with E-state index in [2.05, 4.69) is 15.3 Å². The van der Waals surface area contributed by atoms with Crippen molar-refractivity contribution >= 4 is 28.9 Å². The number of aromatic nitrogens is 4. The van der Waals surface area contributed by atoms with Crippen LogP contribution in [0.15, 0.2) is 64.5 Å². The van der Waals surface area contributed by atoms with Crippen molar-refractivity contribution in [2.75, 3.05) is 12.0 Å². The molecule has 0 amide bonds. The zero-order valence-electron chi connectivity index (χ0n) is 23.2. The summed E-state index contributed by atoms with van der Waals surface area (Å²) < 4.78 is 51.8. The number of ether oxygens (including phenoxy) is 1. The van der Waals surface area contributed by atoms with Gasteiger partial charge in [-0.05, 0) is 62.7 Å². The average molecular weight is 608 g/mol. The minimum absolute atomic E-state index is 0.00756. The van der Waals surface area contributed by atoms with Gasteiger partial charge in [-0.15, -0.1) is 0 Å². The van der Waals surface area contributed by atoms with Crippen LogP contribution in [0.5, 0.6) is 5.75 Å². The van der Waals surface area contributed by atoms with Crippen LogP contribution in [-0.4, -0.2) is 37.8 Å². The van der Waals surface area contributed by atoms with E-state index in [1.54, 1.807) is 37.6 Å². The highest BCUT2D eigenvalue weighted by Crippen LogP contribution is 2.37. The lowest BCUT2D eigenvalue weighted by Crippen LogP contribution is -2.26. The standard InChI is InChI=1S/C30H25ClF3N7O2/c1-14(2)43-22-8-7-17(10-21(22)34)26-24-27(35)36-13-37-29(24)41(39-26)15(3)25-23(16-5-4-6-18(32)9-16)30(42)40-12-19(33)11-20(31)28(40)38-25/h4-12,14-15,37H,13H2,1-3H3,(H2,35,36). The van der Waals surface area contributed by atoms with E-state index in [1.807, 2.05) is 0 Å². The number of pyridine rings is 1. The van der Waals surface area contributed by atoms with Crippen molar-refractivity contribution < 1.29 is 17.9 Å². The summed E-state index contributed by atoms with van der Waals surface area (Å²) in [5.41, 5.74) is 7.28. The second-order valence-electron chi connectivity index (χ2n) is 10.3. The van der Waals surface area contributed by atoms with E-state index < -0.39 is 29.1 Å². The maximum atomic E-state index is 15.0. The number of amidine groups is 1. The number of nitrogens with two attached hydrogens (primary N) is 1. The molecule has 5 aromatic rings. The van der Waals surface area contributed by atoms with Crippen LogP contribution in [0.3, 0.4) is 0 Å². The van der Waals surface area contributed by atoms with Gasteiger partial charge >= 0.3 is 0 Å². The molecule has 9 nitrogen and oxygen atoms in total. The predicted octanol–water partition coefficient (Wildman–Crippen LogP) is 5.78. The minimum atomic E-state index is -0.786. The summed E-state index contributed by atoms with van der Waals surface area (Å²) in [4.78, 5) is 22.8. The van der Waals surface area contributed by atoms with Gasteiger partial charge in [-0.25, -0.2) is 27.8 Å². The van der Waals surface area contributed by atoms with E-state index in [4.69, 9.17) is 27.2 Å². The lowest BCUT2D eigenvalue weighted by molar-refractivity contribution is 0.231. The van der Waals surface area contributed by atoms with Crippen molar-refractivity contribution in [3.63, 3.8) is 0 Å². The highest BCUT2D eigenvalue weighted by atomic mass is 35.5. The van der Waals surface area contributed by atoms with Gasteiger partial charge in [0, 0.05) is 11.8 Å². The maximum Gasteiger partial charge on any atom is 0.266 e. The van der Waals surface area contributed by atoms with Crippen molar-refractivity contribution in [2.24, 2.45) is 10.7 Å². The summed E-state index contributed by atoms with van der Waals surface area (Å²) in [6, 6.07) is 10.2. The third kappa shape index (κ3) is 4.97. The van der Waals surface area contributed by atoms with Crippen LogP contribution in [-0.2, 0) is 0 Å². The number of rotatable bonds is 6. The molecule has 6 rings (SSSR count). The first kappa shape index (κ1) is 28.3. The zero-order valence-corrected chi connectivity index (χ0v) is 24.0. The van der Waals surface area contributed by atoms with E-state index in [-0.39, 0.29) is 51.8 Å². The fourth-order valence-corrected chi connectivity index (χ4v) is 5.36. The van der Waals surface area contributed by atoms with Crippen molar-refractivity contribution in [2.45, 2.75) is 32.9 Å². The first-order chi connectivity index (χ1) is 20.5. The summed E-state index contributed by atoms with van der Waals surface area (Å²) in [7, 11) is 0. The number of halogens is 4. The molecule has 13 heteroatoms. The summed E-state index contributed by atoms with van der Waals surface area (Å²) in [5, 5.41) is 7.86. The van der Waals surface area contributed by atoms with Crippen LogP contribution >= 0.6 is 11.6 Å². The predicted molar refractivity (Wildman–Crippen MR) is 158 cm³/mol. The molecule has 0 bridgehead atoms. The van der Waals surface area contributed by atoms with E-state index >= 15 is 4.39 Å². The van der Waals surface area contributed by atoms with E-state index in [1.165, 1.54) is 30.3 Å².